The Morgan fingerprint density at radius 3 is 2.27 bits per heavy atom. The molecule has 0 unspecified atom stereocenters. The second-order valence-electron chi connectivity index (χ2n) is 8.20. The zero-order chi connectivity index (χ0) is 24.1. The highest BCUT2D eigenvalue weighted by atomic mass is 32.1. The Bertz CT molecular complexity index is 931. The van der Waals surface area contributed by atoms with Crippen molar-refractivity contribution in [2.24, 2.45) is 11.8 Å². The first-order chi connectivity index (χ1) is 15.8. The van der Waals surface area contributed by atoms with Crippen LogP contribution in [0.25, 0.3) is 0 Å². The molecule has 2 heterocycles. The van der Waals surface area contributed by atoms with Crippen LogP contribution in [0.15, 0.2) is 0 Å². The molecule has 1 aromatic rings. The molecule has 1 aliphatic heterocycles. The lowest BCUT2D eigenvalue weighted by molar-refractivity contribution is -0.148. The highest BCUT2D eigenvalue weighted by Crippen LogP contribution is 2.38. The zero-order valence-electron chi connectivity index (χ0n) is 19.2. The Kier molecular flexibility index (Phi) is 8.23. The molecule has 1 aliphatic carbocycles. The fourth-order valence-electron chi connectivity index (χ4n) is 4.55. The zero-order valence-corrected chi connectivity index (χ0v) is 20.0. The summed E-state index contributed by atoms with van der Waals surface area (Å²) in [7, 11) is 0. The number of hydrogen-bond acceptors (Lipinski definition) is 8. The van der Waals surface area contributed by atoms with E-state index in [1.165, 1.54) is 11.3 Å². The van der Waals surface area contributed by atoms with E-state index in [-0.39, 0.29) is 43.2 Å². The quantitative estimate of drug-likeness (QED) is 0.428. The summed E-state index contributed by atoms with van der Waals surface area (Å²) in [5.41, 5.74) is 1.14. The van der Waals surface area contributed by atoms with Gasteiger partial charge in [-0.1, -0.05) is 19.8 Å². The second-order valence-corrected chi connectivity index (χ2v) is 9.42. The molecular weight excluding hydrogens is 448 g/mol. The van der Waals surface area contributed by atoms with Gasteiger partial charge in [0, 0.05) is 11.4 Å². The van der Waals surface area contributed by atoms with Crippen LogP contribution in [0, 0.1) is 18.8 Å². The molecule has 1 N–H and O–H groups in total. The van der Waals surface area contributed by atoms with Crippen molar-refractivity contribution in [3.05, 3.63) is 16.0 Å². The van der Waals surface area contributed by atoms with E-state index < -0.39 is 24.5 Å². The third-order valence-corrected chi connectivity index (χ3v) is 7.19. The van der Waals surface area contributed by atoms with Crippen LogP contribution in [0.2, 0.25) is 0 Å². The number of nitrogens with zero attached hydrogens (tertiary/aromatic N) is 1. The van der Waals surface area contributed by atoms with Gasteiger partial charge in [-0.3, -0.25) is 24.1 Å². The van der Waals surface area contributed by atoms with Crippen molar-refractivity contribution in [2.75, 3.05) is 25.1 Å². The molecule has 1 saturated heterocycles. The summed E-state index contributed by atoms with van der Waals surface area (Å²) in [5.74, 6) is -2.71. The van der Waals surface area contributed by atoms with Crippen LogP contribution >= 0.6 is 11.3 Å². The molecule has 1 saturated carbocycles. The molecule has 0 bridgehead atoms. The van der Waals surface area contributed by atoms with Gasteiger partial charge in [-0.2, -0.15) is 0 Å². The first kappa shape index (κ1) is 24.9. The number of esters is 2. The highest BCUT2D eigenvalue weighted by Gasteiger charge is 2.47. The van der Waals surface area contributed by atoms with Crippen LogP contribution in [0.5, 0.6) is 0 Å². The van der Waals surface area contributed by atoms with Crippen LogP contribution < -0.4 is 5.32 Å². The topological polar surface area (TPSA) is 119 Å². The Labute approximate surface area is 196 Å². The van der Waals surface area contributed by atoms with Gasteiger partial charge in [-0.25, -0.2) is 4.79 Å². The van der Waals surface area contributed by atoms with E-state index in [0.717, 1.165) is 28.2 Å². The fourth-order valence-corrected chi connectivity index (χ4v) is 5.70. The Morgan fingerprint density at radius 2 is 1.70 bits per heavy atom. The lowest BCUT2D eigenvalue weighted by Crippen LogP contribution is -2.33. The number of hydrogen-bond donors (Lipinski definition) is 1. The maximum absolute atomic E-state index is 12.5. The summed E-state index contributed by atoms with van der Waals surface area (Å²) in [4.78, 5) is 63.8. The molecule has 9 nitrogen and oxygen atoms in total. The van der Waals surface area contributed by atoms with Gasteiger partial charge in [0.15, 0.2) is 6.61 Å². The first-order valence-corrected chi connectivity index (χ1v) is 12.2. The largest absolute Gasteiger partial charge is 0.462 e. The van der Waals surface area contributed by atoms with Crippen molar-refractivity contribution in [1.29, 1.82) is 0 Å². The van der Waals surface area contributed by atoms with Crippen molar-refractivity contribution in [1.82, 2.24) is 4.90 Å². The van der Waals surface area contributed by atoms with Gasteiger partial charge in [0.1, 0.15) is 5.00 Å². The van der Waals surface area contributed by atoms with Crippen molar-refractivity contribution >= 4 is 46.0 Å². The van der Waals surface area contributed by atoms with Gasteiger partial charge in [-0.15, -0.1) is 11.3 Å². The number of nitrogens with one attached hydrogen (secondary N) is 1. The molecule has 0 radical (unpaired) electrons. The SMILES string of the molecule is CCOC(=O)c1c(NC(=O)COC(=O)CCN2C(=O)[C@@H]3CCCC[C@H]3C2=O)sc(C)c1CC. The standard InChI is InChI=1S/C23H30N2O7S/c1-4-14-13(3)33-20(19(14)23(30)31-5-2)24-17(26)12-32-18(27)10-11-25-21(28)15-8-6-7-9-16(15)22(25)29/h15-16H,4-12H2,1-3H3,(H,24,26)/t15-,16-/m1/s1. The Hall–Kier alpha value is -2.75. The van der Waals surface area contributed by atoms with Crippen LogP contribution in [0.3, 0.4) is 0 Å². The molecule has 2 aliphatic rings. The van der Waals surface area contributed by atoms with Crippen molar-refractivity contribution in [2.45, 2.75) is 59.3 Å². The van der Waals surface area contributed by atoms with Gasteiger partial charge in [0.05, 0.1) is 30.4 Å². The number of fused-ring (bicyclic) bond motifs is 1. The molecule has 0 aromatic carbocycles. The smallest absolute Gasteiger partial charge is 0.341 e. The minimum absolute atomic E-state index is 0.0396. The maximum atomic E-state index is 12.5. The number of carbonyl (C=O) groups excluding carboxylic acids is 5. The van der Waals surface area contributed by atoms with Gasteiger partial charge < -0.3 is 14.8 Å². The van der Waals surface area contributed by atoms with Crippen molar-refractivity contribution in [3.63, 3.8) is 0 Å². The number of aryl methyl sites for hydroxylation is 1. The average molecular weight is 479 g/mol. The summed E-state index contributed by atoms with van der Waals surface area (Å²) in [6.07, 6.45) is 3.74. The molecule has 33 heavy (non-hydrogen) atoms. The minimum atomic E-state index is -0.678. The molecule has 1 aromatic heterocycles. The number of carbonyl (C=O) groups is 5. The number of imide groups is 1. The minimum Gasteiger partial charge on any atom is -0.462 e. The summed E-state index contributed by atoms with van der Waals surface area (Å²) in [5, 5.41) is 2.99. The van der Waals surface area contributed by atoms with Crippen molar-refractivity contribution < 1.29 is 33.4 Å². The van der Waals surface area contributed by atoms with Crippen LogP contribution in [0.4, 0.5) is 5.00 Å². The van der Waals surface area contributed by atoms with Crippen LogP contribution in [-0.4, -0.2) is 54.3 Å². The second kappa shape index (κ2) is 10.9. The van der Waals surface area contributed by atoms with Gasteiger partial charge in [0.2, 0.25) is 11.8 Å². The molecule has 2 atom stereocenters. The van der Waals surface area contributed by atoms with Crippen LogP contribution in [0.1, 0.15) is 66.8 Å². The molecule has 180 valence electrons. The first-order valence-electron chi connectivity index (χ1n) is 11.4. The van der Waals surface area contributed by atoms with E-state index in [4.69, 9.17) is 9.47 Å². The van der Waals surface area contributed by atoms with Crippen LogP contribution in [-0.2, 0) is 35.1 Å². The molecule has 10 heteroatoms. The number of anilines is 1. The number of ether oxygens (including phenoxy) is 2. The Balaban J connectivity index is 1.51. The highest BCUT2D eigenvalue weighted by molar-refractivity contribution is 7.16. The third-order valence-electron chi connectivity index (χ3n) is 6.13. The predicted molar refractivity (Wildman–Crippen MR) is 121 cm³/mol. The van der Waals surface area contributed by atoms with E-state index in [0.29, 0.717) is 29.8 Å². The summed E-state index contributed by atoms with van der Waals surface area (Å²) in [6.45, 7) is 5.12. The number of rotatable bonds is 9. The average Bonchev–Trinajstić information content (AvgIpc) is 3.24. The molecule has 3 rings (SSSR count). The lowest BCUT2D eigenvalue weighted by atomic mass is 9.81. The normalized spacial score (nSPS) is 19.9. The molecular formula is C23H30N2O7S. The summed E-state index contributed by atoms with van der Waals surface area (Å²) in [6, 6.07) is 0. The lowest BCUT2D eigenvalue weighted by Gasteiger charge is -2.19. The molecule has 2 fully saturated rings. The number of thiophene rings is 1. The van der Waals surface area contributed by atoms with E-state index in [1.54, 1.807) is 6.92 Å². The van der Waals surface area contributed by atoms with Gasteiger partial charge in [-0.05, 0) is 38.7 Å². The van der Waals surface area contributed by atoms with Gasteiger partial charge >= 0.3 is 11.9 Å². The summed E-state index contributed by atoms with van der Waals surface area (Å²) < 4.78 is 10.1. The van der Waals surface area contributed by atoms with Gasteiger partial charge in [0.25, 0.3) is 5.91 Å². The molecule has 3 amide bonds. The van der Waals surface area contributed by atoms with Crippen molar-refractivity contribution in [3.8, 4) is 0 Å². The maximum Gasteiger partial charge on any atom is 0.341 e. The number of likely N-dealkylation sites (tertiary alicyclic amines) is 1. The fraction of sp³-hybridized carbons (Fsp3) is 0.609. The third kappa shape index (κ3) is 5.43. The van der Waals surface area contributed by atoms with E-state index >= 15 is 0 Å². The van der Waals surface area contributed by atoms with E-state index in [2.05, 4.69) is 5.32 Å². The van der Waals surface area contributed by atoms with E-state index in [1.807, 2.05) is 13.8 Å². The molecule has 0 spiro atoms. The monoisotopic (exact) mass is 478 g/mol. The number of amides is 3. The predicted octanol–water partition coefficient (Wildman–Crippen LogP) is 2.84. The Morgan fingerprint density at radius 1 is 1.06 bits per heavy atom. The van der Waals surface area contributed by atoms with E-state index in [9.17, 15) is 24.0 Å². The summed E-state index contributed by atoms with van der Waals surface area (Å²) >= 11 is 1.26.